The Labute approximate surface area is 148 Å². The number of nitrogens with one attached hydrogen (secondary N) is 1. The molecule has 0 fully saturated rings. The Hall–Kier alpha value is -2.60. The summed E-state index contributed by atoms with van der Waals surface area (Å²) in [4.78, 5) is 16.9. The third-order valence-electron chi connectivity index (χ3n) is 4.02. The van der Waals surface area contributed by atoms with E-state index in [0.29, 0.717) is 30.1 Å². The molecular weight excluding hydrogens is 320 g/mol. The molecule has 2 aromatic rings. The lowest BCUT2D eigenvalue weighted by atomic mass is 10.0. The molecule has 1 atom stereocenters. The first-order chi connectivity index (χ1) is 12.1. The minimum atomic E-state index is -0.207. The monoisotopic (exact) mass is 344 g/mol. The molecule has 134 valence electrons. The molecule has 2 rings (SSSR count). The Morgan fingerprint density at radius 3 is 2.40 bits per heavy atom. The highest BCUT2D eigenvalue weighted by molar-refractivity contribution is 5.95. The predicted molar refractivity (Wildman–Crippen MR) is 95.2 cm³/mol. The highest BCUT2D eigenvalue weighted by Crippen LogP contribution is 2.29. The molecule has 0 aliphatic carbocycles. The summed E-state index contributed by atoms with van der Waals surface area (Å²) in [5, 5.41) is 3.04. The van der Waals surface area contributed by atoms with E-state index in [0.717, 1.165) is 11.1 Å². The summed E-state index contributed by atoms with van der Waals surface area (Å²) in [5.41, 5.74) is 2.26. The summed E-state index contributed by atoms with van der Waals surface area (Å²) in [7, 11) is 4.78. The van der Waals surface area contributed by atoms with Crippen LogP contribution in [-0.2, 0) is 4.74 Å². The van der Waals surface area contributed by atoms with Crippen LogP contribution in [0.1, 0.15) is 33.9 Å². The maximum absolute atomic E-state index is 12.8. The second kappa shape index (κ2) is 9.03. The van der Waals surface area contributed by atoms with Gasteiger partial charge in [0, 0.05) is 37.2 Å². The number of methoxy groups -OCH3 is 3. The van der Waals surface area contributed by atoms with Crippen molar-refractivity contribution in [3.05, 3.63) is 53.3 Å². The van der Waals surface area contributed by atoms with Gasteiger partial charge in [0.05, 0.1) is 20.3 Å². The van der Waals surface area contributed by atoms with Crippen LogP contribution in [0.2, 0.25) is 0 Å². The van der Waals surface area contributed by atoms with Gasteiger partial charge >= 0.3 is 0 Å². The van der Waals surface area contributed by atoms with Crippen molar-refractivity contribution in [1.29, 1.82) is 0 Å². The number of benzene rings is 1. The van der Waals surface area contributed by atoms with Gasteiger partial charge in [-0.15, -0.1) is 0 Å². The van der Waals surface area contributed by atoms with E-state index in [4.69, 9.17) is 14.2 Å². The largest absolute Gasteiger partial charge is 0.496 e. The number of rotatable bonds is 8. The zero-order chi connectivity index (χ0) is 18.2. The molecular formula is C19H24N2O4. The molecule has 0 saturated heterocycles. The van der Waals surface area contributed by atoms with E-state index in [1.54, 1.807) is 45.9 Å². The van der Waals surface area contributed by atoms with Gasteiger partial charge in [-0.2, -0.15) is 0 Å². The van der Waals surface area contributed by atoms with Crippen molar-refractivity contribution in [2.45, 2.75) is 19.4 Å². The molecule has 1 N–H and O–H groups in total. The molecule has 0 spiro atoms. The van der Waals surface area contributed by atoms with Crippen LogP contribution in [0, 0.1) is 6.92 Å². The van der Waals surface area contributed by atoms with E-state index in [1.165, 1.54) is 0 Å². The minimum Gasteiger partial charge on any atom is -0.496 e. The van der Waals surface area contributed by atoms with Crippen LogP contribution in [-0.4, -0.2) is 38.8 Å². The van der Waals surface area contributed by atoms with E-state index in [1.807, 2.05) is 19.1 Å². The number of carbonyl (C=O) groups is 1. The Balaban J connectivity index is 2.26. The van der Waals surface area contributed by atoms with Crippen molar-refractivity contribution in [3.63, 3.8) is 0 Å². The Bertz CT molecular complexity index is 679. The van der Waals surface area contributed by atoms with E-state index in [9.17, 15) is 4.79 Å². The Morgan fingerprint density at radius 1 is 1.20 bits per heavy atom. The van der Waals surface area contributed by atoms with Crippen LogP contribution in [0.3, 0.4) is 0 Å². The van der Waals surface area contributed by atoms with Crippen molar-refractivity contribution >= 4 is 5.91 Å². The fourth-order valence-electron chi connectivity index (χ4n) is 2.60. The van der Waals surface area contributed by atoms with Crippen LogP contribution in [0.25, 0.3) is 0 Å². The third-order valence-corrected chi connectivity index (χ3v) is 4.02. The summed E-state index contributed by atoms with van der Waals surface area (Å²) >= 11 is 0. The standard InChI is InChI=1S/C19H24N2O4/c1-13-17(24-3)10-15(11-18(13)25-4)19(22)21-16(7-9-23-2)14-6-5-8-20-12-14/h5-6,8,10-12,16H,7,9H2,1-4H3,(H,21,22). The van der Waals surface area contributed by atoms with Crippen LogP contribution < -0.4 is 14.8 Å². The molecule has 0 aliphatic heterocycles. The van der Waals surface area contributed by atoms with E-state index in [-0.39, 0.29) is 11.9 Å². The lowest BCUT2D eigenvalue weighted by Gasteiger charge is -2.19. The van der Waals surface area contributed by atoms with Gasteiger partial charge in [0.15, 0.2) is 0 Å². The normalized spacial score (nSPS) is 11.7. The molecule has 25 heavy (non-hydrogen) atoms. The highest BCUT2D eigenvalue weighted by atomic mass is 16.5. The Morgan fingerprint density at radius 2 is 1.88 bits per heavy atom. The van der Waals surface area contributed by atoms with Crippen molar-refractivity contribution in [1.82, 2.24) is 10.3 Å². The number of hydrogen-bond donors (Lipinski definition) is 1. The van der Waals surface area contributed by atoms with Crippen molar-refractivity contribution in [3.8, 4) is 11.5 Å². The molecule has 1 aromatic heterocycles. The zero-order valence-corrected chi connectivity index (χ0v) is 15.0. The number of ether oxygens (including phenoxy) is 3. The van der Waals surface area contributed by atoms with Gasteiger partial charge in [-0.3, -0.25) is 9.78 Å². The second-order valence-corrected chi connectivity index (χ2v) is 5.60. The van der Waals surface area contributed by atoms with Crippen LogP contribution >= 0.6 is 0 Å². The van der Waals surface area contributed by atoms with Gasteiger partial charge in [0.25, 0.3) is 5.91 Å². The lowest BCUT2D eigenvalue weighted by Crippen LogP contribution is -2.29. The smallest absolute Gasteiger partial charge is 0.252 e. The molecule has 1 amide bonds. The number of pyridine rings is 1. The minimum absolute atomic E-state index is 0.195. The second-order valence-electron chi connectivity index (χ2n) is 5.60. The van der Waals surface area contributed by atoms with Gasteiger partial charge in [-0.05, 0) is 37.1 Å². The van der Waals surface area contributed by atoms with E-state index < -0.39 is 0 Å². The van der Waals surface area contributed by atoms with Crippen LogP contribution in [0.5, 0.6) is 11.5 Å². The molecule has 0 bridgehead atoms. The molecule has 0 saturated carbocycles. The van der Waals surface area contributed by atoms with E-state index >= 15 is 0 Å². The molecule has 6 heteroatoms. The van der Waals surface area contributed by atoms with E-state index in [2.05, 4.69) is 10.3 Å². The molecule has 0 radical (unpaired) electrons. The van der Waals surface area contributed by atoms with Crippen molar-refractivity contribution < 1.29 is 19.0 Å². The quantitative estimate of drug-likeness (QED) is 0.797. The third kappa shape index (κ3) is 4.70. The van der Waals surface area contributed by atoms with Crippen molar-refractivity contribution in [2.75, 3.05) is 27.9 Å². The molecule has 1 heterocycles. The van der Waals surface area contributed by atoms with Crippen molar-refractivity contribution in [2.24, 2.45) is 0 Å². The fraction of sp³-hybridized carbons (Fsp3) is 0.368. The van der Waals surface area contributed by atoms with Gasteiger partial charge in [0.1, 0.15) is 11.5 Å². The predicted octanol–water partition coefficient (Wildman–Crippen LogP) is 2.91. The van der Waals surface area contributed by atoms with Crippen LogP contribution in [0.15, 0.2) is 36.7 Å². The molecule has 6 nitrogen and oxygen atoms in total. The SMILES string of the molecule is COCCC(NC(=O)c1cc(OC)c(C)c(OC)c1)c1cccnc1. The number of aromatic nitrogens is 1. The van der Waals surface area contributed by atoms with Gasteiger partial charge in [-0.25, -0.2) is 0 Å². The first-order valence-electron chi connectivity index (χ1n) is 8.03. The summed E-state index contributed by atoms with van der Waals surface area (Å²) < 4.78 is 15.8. The first-order valence-corrected chi connectivity index (χ1v) is 8.03. The van der Waals surface area contributed by atoms with Gasteiger partial charge < -0.3 is 19.5 Å². The average molecular weight is 344 g/mol. The number of hydrogen-bond acceptors (Lipinski definition) is 5. The topological polar surface area (TPSA) is 69.7 Å². The molecule has 0 aliphatic rings. The van der Waals surface area contributed by atoms with Gasteiger partial charge in [-0.1, -0.05) is 6.07 Å². The van der Waals surface area contributed by atoms with Crippen LogP contribution in [0.4, 0.5) is 0 Å². The zero-order valence-electron chi connectivity index (χ0n) is 15.0. The number of nitrogens with zero attached hydrogens (tertiary/aromatic N) is 1. The maximum atomic E-state index is 12.8. The number of carbonyl (C=O) groups excluding carboxylic acids is 1. The highest BCUT2D eigenvalue weighted by Gasteiger charge is 2.18. The fourth-order valence-corrected chi connectivity index (χ4v) is 2.60. The summed E-state index contributed by atoms with van der Waals surface area (Å²) in [6, 6.07) is 7.01. The summed E-state index contributed by atoms with van der Waals surface area (Å²) in [5.74, 6) is 1.01. The number of amides is 1. The average Bonchev–Trinajstić information content (AvgIpc) is 2.65. The first kappa shape index (κ1) is 18.7. The molecule has 1 aromatic carbocycles. The Kier molecular flexibility index (Phi) is 6.77. The van der Waals surface area contributed by atoms with Gasteiger partial charge in [0.2, 0.25) is 0 Å². The maximum Gasteiger partial charge on any atom is 0.252 e. The lowest BCUT2D eigenvalue weighted by molar-refractivity contribution is 0.0923. The molecule has 1 unspecified atom stereocenters. The summed E-state index contributed by atoms with van der Waals surface area (Å²) in [6.45, 7) is 2.41. The summed E-state index contributed by atoms with van der Waals surface area (Å²) in [6.07, 6.45) is 4.10.